The zero-order chi connectivity index (χ0) is 28.8. The second-order valence-corrected chi connectivity index (χ2v) is 12.3. The molecule has 10 heteroatoms. The molecule has 5 N–H and O–H groups in total. The van der Waals surface area contributed by atoms with Gasteiger partial charge in [-0.15, -0.1) is 11.3 Å². The molecule has 218 valence electrons. The van der Waals surface area contributed by atoms with E-state index in [2.05, 4.69) is 45.6 Å². The SMILES string of the molecule is O=C(O)CC(C(=O)O)C1CNCCc2c1ccc(Cl)c2NCc1ccc(-c2csc(NCC3CCCCC3)n2)cc1. The summed E-state index contributed by atoms with van der Waals surface area (Å²) < 4.78 is 0. The molecule has 2 aromatic carbocycles. The van der Waals surface area contributed by atoms with E-state index in [-0.39, 0.29) is 0 Å². The van der Waals surface area contributed by atoms with E-state index in [1.807, 2.05) is 6.07 Å². The van der Waals surface area contributed by atoms with Gasteiger partial charge in [-0.2, -0.15) is 0 Å². The molecule has 0 amide bonds. The van der Waals surface area contributed by atoms with Crippen LogP contribution in [0.15, 0.2) is 41.8 Å². The van der Waals surface area contributed by atoms with E-state index in [0.717, 1.165) is 51.2 Å². The normalized spacial score (nSPS) is 18.2. The smallest absolute Gasteiger partial charge is 0.307 e. The molecule has 0 saturated heterocycles. The third kappa shape index (κ3) is 7.39. The maximum atomic E-state index is 12.0. The van der Waals surface area contributed by atoms with Crippen molar-refractivity contribution in [2.45, 2.75) is 57.4 Å². The first kappa shape index (κ1) is 29.4. The molecule has 1 fully saturated rings. The summed E-state index contributed by atoms with van der Waals surface area (Å²) in [6, 6.07) is 11.9. The minimum Gasteiger partial charge on any atom is -0.481 e. The molecule has 0 radical (unpaired) electrons. The van der Waals surface area contributed by atoms with Crippen molar-refractivity contribution >= 4 is 45.7 Å². The van der Waals surface area contributed by atoms with Gasteiger partial charge < -0.3 is 26.2 Å². The van der Waals surface area contributed by atoms with Gasteiger partial charge in [0.25, 0.3) is 0 Å². The van der Waals surface area contributed by atoms with Gasteiger partial charge in [-0.25, -0.2) is 4.98 Å². The standard InChI is InChI=1S/C31H37ClN4O4S/c32-26-11-10-22-23(12-13-33-17-25(22)24(30(39)40)14-28(37)38)29(26)34-15-20-6-8-21(9-7-20)27-18-41-31(36-27)35-16-19-4-2-1-3-5-19/h6-11,18-19,24-25,33-34H,1-5,12-17H2,(H,35,36)(H,37,38)(H,39,40). The Labute approximate surface area is 249 Å². The molecule has 2 heterocycles. The maximum absolute atomic E-state index is 12.0. The van der Waals surface area contributed by atoms with Crippen molar-refractivity contribution < 1.29 is 19.8 Å². The van der Waals surface area contributed by atoms with E-state index in [0.29, 0.717) is 31.1 Å². The Hall–Kier alpha value is -3.14. The van der Waals surface area contributed by atoms with E-state index >= 15 is 0 Å². The Morgan fingerprint density at radius 3 is 2.59 bits per heavy atom. The van der Waals surface area contributed by atoms with Crippen molar-refractivity contribution in [3.8, 4) is 11.3 Å². The third-order valence-corrected chi connectivity index (χ3v) is 9.42. The van der Waals surface area contributed by atoms with Crippen LogP contribution in [0.3, 0.4) is 0 Å². The highest BCUT2D eigenvalue weighted by molar-refractivity contribution is 7.14. The quantitative estimate of drug-likeness (QED) is 0.171. The number of nitrogens with one attached hydrogen (secondary N) is 3. The number of thiazole rings is 1. The first-order chi connectivity index (χ1) is 19.9. The minimum absolute atomic E-state index is 0.397. The van der Waals surface area contributed by atoms with E-state index in [4.69, 9.17) is 16.6 Å². The summed E-state index contributed by atoms with van der Waals surface area (Å²) in [5.41, 5.74) is 5.65. The second-order valence-electron chi connectivity index (χ2n) is 11.1. The zero-order valence-corrected chi connectivity index (χ0v) is 24.6. The number of aliphatic carboxylic acids is 2. The molecule has 2 aliphatic rings. The van der Waals surface area contributed by atoms with Crippen molar-refractivity contribution in [2.24, 2.45) is 11.8 Å². The molecule has 41 heavy (non-hydrogen) atoms. The van der Waals surface area contributed by atoms with Crippen molar-refractivity contribution in [1.29, 1.82) is 0 Å². The molecule has 2 atom stereocenters. The summed E-state index contributed by atoms with van der Waals surface area (Å²) in [6.45, 7) is 2.58. The van der Waals surface area contributed by atoms with Gasteiger partial charge in [0.05, 0.1) is 28.7 Å². The topological polar surface area (TPSA) is 124 Å². The van der Waals surface area contributed by atoms with Crippen LogP contribution in [0.4, 0.5) is 10.8 Å². The Bertz CT molecular complexity index is 1360. The first-order valence-corrected chi connectivity index (χ1v) is 15.6. The average Bonchev–Trinajstić information content (AvgIpc) is 3.35. The van der Waals surface area contributed by atoms with Crippen LogP contribution in [0.1, 0.15) is 61.1 Å². The van der Waals surface area contributed by atoms with Gasteiger partial charge >= 0.3 is 11.9 Å². The summed E-state index contributed by atoms with van der Waals surface area (Å²) in [4.78, 5) is 28.2. The molecule has 3 aromatic rings. The van der Waals surface area contributed by atoms with Gasteiger partial charge in [-0.3, -0.25) is 9.59 Å². The van der Waals surface area contributed by atoms with Gasteiger partial charge in [-0.1, -0.05) is 61.2 Å². The Balaban J connectivity index is 1.26. The lowest BCUT2D eigenvalue weighted by atomic mass is 9.81. The number of rotatable bonds is 11. The molecule has 1 aromatic heterocycles. The van der Waals surface area contributed by atoms with E-state index < -0.39 is 30.2 Å². The molecule has 1 aliphatic heterocycles. The lowest BCUT2D eigenvalue weighted by Crippen LogP contribution is -2.31. The summed E-state index contributed by atoms with van der Waals surface area (Å²) in [5, 5.41) is 33.1. The third-order valence-electron chi connectivity index (χ3n) is 8.30. The number of fused-ring (bicyclic) bond motifs is 1. The molecule has 1 aliphatic carbocycles. The van der Waals surface area contributed by atoms with Crippen LogP contribution < -0.4 is 16.0 Å². The largest absolute Gasteiger partial charge is 0.481 e. The predicted molar refractivity (Wildman–Crippen MR) is 164 cm³/mol. The highest BCUT2D eigenvalue weighted by atomic mass is 35.5. The fraction of sp³-hybridized carbons (Fsp3) is 0.452. The Morgan fingerprint density at radius 1 is 1.07 bits per heavy atom. The summed E-state index contributed by atoms with van der Waals surface area (Å²) in [7, 11) is 0. The van der Waals surface area contributed by atoms with Crippen LogP contribution in [0.2, 0.25) is 5.02 Å². The number of hydrogen-bond acceptors (Lipinski definition) is 7. The molecular formula is C31H37ClN4O4S. The van der Waals surface area contributed by atoms with Crippen LogP contribution >= 0.6 is 22.9 Å². The van der Waals surface area contributed by atoms with Crippen LogP contribution in [-0.4, -0.2) is 46.8 Å². The van der Waals surface area contributed by atoms with Gasteiger partial charge in [0, 0.05) is 36.5 Å². The molecule has 0 spiro atoms. The van der Waals surface area contributed by atoms with Crippen LogP contribution in [0.5, 0.6) is 0 Å². The van der Waals surface area contributed by atoms with Crippen molar-refractivity contribution in [3.05, 3.63) is 63.5 Å². The number of carboxylic acid groups (broad SMARTS) is 2. The van der Waals surface area contributed by atoms with Gasteiger partial charge in [0.15, 0.2) is 5.13 Å². The lowest BCUT2D eigenvalue weighted by Gasteiger charge is -2.25. The van der Waals surface area contributed by atoms with Crippen LogP contribution in [0, 0.1) is 11.8 Å². The zero-order valence-electron chi connectivity index (χ0n) is 23.0. The number of nitrogens with zero attached hydrogens (tertiary/aromatic N) is 1. The highest BCUT2D eigenvalue weighted by Gasteiger charge is 2.34. The van der Waals surface area contributed by atoms with Gasteiger partial charge in [0.2, 0.25) is 0 Å². The highest BCUT2D eigenvalue weighted by Crippen LogP contribution is 2.38. The average molecular weight is 597 g/mol. The number of benzene rings is 2. The van der Waals surface area contributed by atoms with E-state index in [9.17, 15) is 19.8 Å². The fourth-order valence-electron chi connectivity index (χ4n) is 6.07. The van der Waals surface area contributed by atoms with Crippen molar-refractivity contribution in [3.63, 3.8) is 0 Å². The van der Waals surface area contributed by atoms with Gasteiger partial charge in [0.1, 0.15) is 0 Å². The van der Waals surface area contributed by atoms with Crippen LogP contribution in [0.25, 0.3) is 11.3 Å². The lowest BCUT2D eigenvalue weighted by molar-refractivity contribution is -0.149. The number of carboxylic acids is 2. The fourth-order valence-corrected chi connectivity index (χ4v) is 7.04. The Morgan fingerprint density at radius 2 is 1.85 bits per heavy atom. The minimum atomic E-state index is -1.12. The maximum Gasteiger partial charge on any atom is 0.307 e. The second kappa shape index (κ2) is 13.7. The number of carbonyl (C=O) groups is 2. The summed E-state index contributed by atoms with van der Waals surface area (Å²) in [6.07, 6.45) is 6.88. The molecule has 2 unspecified atom stereocenters. The predicted octanol–water partition coefficient (Wildman–Crippen LogP) is 6.47. The summed E-state index contributed by atoms with van der Waals surface area (Å²) >= 11 is 8.28. The van der Waals surface area contributed by atoms with E-state index in [1.54, 1.807) is 17.4 Å². The molecule has 0 bridgehead atoms. The monoisotopic (exact) mass is 596 g/mol. The summed E-state index contributed by atoms with van der Waals surface area (Å²) in [5.74, 6) is -2.99. The number of anilines is 2. The Kier molecular flexibility index (Phi) is 9.80. The first-order valence-electron chi connectivity index (χ1n) is 14.4. The van der Waals surface area contributed by atoms with Crippen molar-refractivity contribution in [1.82, 2.24) is 10.3 Å². The number of aromatic nitrogens is 1. The molecule has 8 nitrogen and oxygen atoms in total. The molecular weight excluding hydrogens is 560 g/mol. The molecule has 5 rings (SSSR count). The number of hydrogen-bond donors (Lipinski definition) is 5. The number of halogens is 1. The van der Waals surface area contributed by atoms with Gasteiger partial charge in [-0.05, 0) is 54.5 Å². The molecule has 1 saturated carbocycles. The van der Waals surface area contributed by atoms with Crippen molar-refractivity contribution in [2.75, 3.05) is 30.3 Å². The van der Waals surface area contributed by atoms with E-state index in [1.165, 1.54) is 32.1 Å². The van der Waals surface area contributed by atoms with Crippen LogP contribution in [-0.2, 0) is 22.6 Å².